The lowest BCUT2D eigenvalue weighted by Gasteiger charge is -2.06. The fourth-order valence-electron chi connectivity index (χ4n) is 1.86. The second kappa shape index (κ2) is 6.16. The summed E-state index contributed by atoms with van der Waals surface area (Å²) < 4.78 is 0. The van der Waals surface area contributed by atoms with Crippen molar-refractivity contribution in [1.29, 1.82) is 0 Å². The van der Waals surface area contributed by atoms with Crippen molar-refractivity contribution in [2.45, 2.75) is 20.0 Å². The van der Waals surface area contributed by atoms with Crippen molar-refractivity contribution >= 4 is 5.91 Å². The summed E-state index contributed by atoms with van der Waals surface area (Å²) in [7, 11) is 0. The summed E-state index contributed by atoms with van der Waals surface area (Å²) in [6.45, 7) is 3.04. The zero-order chi connectivity index (χ0) is 13.7. The lowest BCUT2D eigenvalue weighted by molar-refractivity contribution is 0.0951. The minimum atomic E-state index is -0.0494. The van der Waals surface area contributed by atoms with Crippen molar-refractivity contribution in [3.05, 3.63) is 70.8 Å². The van der Waals surface area contributed by atoms with Gasteiger partial charge in [0.15, 0.2) is 0 Å². The summed E-state index contributed by atoms with van der Waals surface area (Å²) in [6, 6.07) is 15.5. The molecule has 98 valence electrons. The summed E-state index contributed by atoms with van der Waals surface area (Å²) in [5.41, 5.74) is 9.48. The van der Waals surface area contributed by atoms with Crippen LogP contribution in [0.25, 0.3) is 0 Å². The van der Waals surface area contributed by atoms with Gasteiger partial charge >= 0.3 is 0 Å². The molecule has 0 bridgehead atoms. The van der Waals surface area contributed by atoms with E-state index >= 15 is 0 Å². The van der Waals surface area contributed by atoms with Crippen molar-refractivity contribution in [2.24, 2.45) is 5.73 Å². The molecule has 0 aromatic heterocycles. The standard InChI is InChI=1S/C16H18N2O/c1-12-3-2-4-15(9-12)16(19)18-11-14-7-5-13(10-17)6-8-14/h2-9H,10-11,17H2,1H3,(H,18,19). The quantitative estimate of drug-likeness (QED) is 0.880. The molecular formula is C16H18N2O. The van der Waals surface area contributed by atoms with Crippen LogP contribution in [0.3, 0.4) is 0 Å². The number of nitrogens with one attached hydrogen (secondary N) is 1. The van der Waals surface area contributed by atoms with Gasteiger partial charge in [0.25, 0.3) is 5.91 Å². The average Bonchev–Trinajstić information content (AvgIpc) is 2.45. The zero-order valence-electron chi connectivity index (χ0n) is 11.0. The number of hydrogen-bond donors (Lipinski definition) is 2. The molecule has 0 spiro atoms. The summed E-state index contributed by atoms with van der Waals surface area (Å²) in [5, 5.41) is 2.91. The monoisotopic (exact) mass is 254 g/mol. The second-order valence-electron chi connectivity index (χ2n) is 4.57. The maximum atomic E-state index is 12.0. The molecule has 1 amide bonds. The highest BCUT2D eigenvalue weighted by Crippen LogP contribution is 2.06. The first-order chi connectivity index (χ1) is 9.19. The largest absolute Gasteiger partial charge is 0.348 e. The van der Waals surface area contributed by atoms with E-state index in [4.69, 9.17) is 5.73 Å². The normalized spacial score (nSPS) is 10.2. The van der Waals surface area contributed by atoms with Gasteiger partial charge in [0, 0.05) is 18.7 Å². The van der Waals surface area contributed by atoms with Gasteiger partial charge in [0.05, 0.1) is 0 Å². The average molecular weight is 254 g/mol. The predicted octanol–water partition coefficient (Wildman–Crippen LogP) is 2.38. The smallest absolute Gasteiger partial charge is 0.251 e. The van der Waals surface area contributed by atoms with Gasteiger partial charge in [-0.2, -0.15) is 0 Å². The van der Waals surface area contributed by atoms with Gasteiger partial charge in [-0.15, -0.1) is 0 Å². The number of carbonyl (C=O) groups excluding carboxylic acids is 1. The zero-order valence-corrected chi connectivity index (χ0v) is 11.0. The molecule has 0 radical (unpaired) electrons. The van der Waals surface area contributed by atoms with E-state index in [0.717, 1.165) is 16.7 Å². The number of benzene rings is 2. The highest BCUT2D eigenvalue weighted by molar-refractivity contribution is 5.94. The van der Waals surface area contributed by atoms with Crippen LogP contribution in [0.15, 0.2) is 48.5 Å². The van der Waals surface area contributed by atoms with Crippen molar-refractivity contribution in [3.8, 4) is 0 Å². The summed E-state index contributed by atoms with van der Waals surface area (Å²) in [6.07, 6.45) is 0. The molecule has 2 aromatic rings. The third-order valence-electron chi connectivity index (χ3n) is 2.99. The minimum absolute atomic E-state index is 0.0494. The Balaban J connectivity index is 1.96. The van der Waals surface area contributed by atoms with E-state index in [-0.39, 0.29) is 5.91 Å². The lowest BCUT2D eigenvalue weighted by Crippen LogP contribution is -2.22. The molecule has 0 fully saturated rings. The molecule has 2 rings (SSSR count). The van der Waals surface area contributed by atoms with Gasteiger partial charge in [0.2, 0.25) is 0 Å². The summed E-state index contributed by atoms with van der Waals surface area (Å²) in [4.78, 5) is 12.0. The molecule has 0 unspecified atom stereocenters. The van der Waals surface area contributed by atoms with Crippen LogP contribution in [0.1, 0.15) is 27.0 Å². The van der Waals surface area contributed by atoms with Crippen LogP contribution in [0.4, 0.5) is 0 Å². The van der Waals surface area contributed by atoms with E-state index in [1.54, 1.807) is 0 Å². The molecule has 3 heteroatoms. The van der Waals surface area contributed by atoms with Crippen LogP contribution in [0.5, 0.6) is 0 Å². The molecule has 0 atom stereocenters. The van der Waals surface area contributed by atoms with Crippen LogP contribution < -0.4 is 11.1 Å². The van der Waals surface area contributed by atoms with Gasteiger partial charge in [-0.25, -0.2) is 0 Å². The highest BCUT2D eigenvalue weighted by atomic mass is 16.1. The number of hydrogen-bond acceptors (Lipinski definition) is 2. The van der Waals surface area contributed by atoms with Crippen LogP contribution in [-0.4, -0.2) is 5.91 Å². The van der Waals surface area contributed by atoms with E-state index in [0.29, 0.717) is 18.7 Å². The van der Waals surface area contributed by atoms with Gasteiger partial charge < -0.3 is 11.1 Å². The molecule has 0 saturated carbocycles. The fourth-order valence-corrected chi connectivity index (χ4v) is 1.86. The predicted molar refractivity (Wildman–Crippen MR) is 76.7 cm³/mol. The van der Waals surface area contributed by atoms with Crippen LogP contribution in [0, 0.1) is 6.92 Å². The Kier molecular flexibility index (Phi) is 4.31. The first kappa shape index (κ1) is 13.3. The second-order valence-corrected chi connectivity index (χ2v) is 4.57. The molecule has 0 aliphatic heterocycles. The Morgan fingerprint density at radius 2 is 1.79 bits per heavy atom. The first-order valence-electron chi connectivity index (χ1n) is 6.32. The third-order valence-corrected chi connectivity index (χ3v) is 2.99. The van der Waals surface area contributed by atoms with Crippen molar-refractivity contribution in [2.75, 3.05) is 0 Å². The molecule has 3 nitrogen and oxygen atoms in total. The van der Waals surface area contributed by atoms with E-state index < -0.39 is 0 Å². The van der Waals surface area contributed by atoms with E-state index in [1.165, 1.54) is 0 Å². The van der Waals surface area contributed by atoms with Gasteiger partial charge in [-0.1, -0.05) is 42.0 Å². The third kappa shape index (κ3) is 3.66. The molecule has 2 aromatic carbocycles. The van der Waals surface area contributed by atoms with E-state index in [1.807, 2.05) is 55.5 Å². The number of rotatable bonds is 4. The Morgan fingerprint density at radius 1 is 1.11 bits per heavy atom. The fraction of sp³-hybridized carbons (Fsp3) is 0.188. The molecular weight excluding hydrogens is 236 g/mol. The van der Waals surface area contributed by atoms with Crippen molar-refractivity contribution in [1.82, 2.24) is 5.32 Å². The number of carbonyl (C=O) groups is 1. The summed E-state index contributed by atoms with van der Waals surface area (Å²) >= 11 is 0. The van der Waals surface area contributed by atoms with Gasteiger partial charge in [0.1, 0.15) is 0 Å². The molecule has 0 heterocycles. The van der Waals surface area contributed by atoms with Crippen LogP contribution in [0.2, 0.25) is 0 Å². The SMILES string of the molecule is Cc1cccc(C(=O)NCc2ccc(CN)cc2)c1. The maximum Gasteiger partial charge on any atom is 0.251 e. The maximum absolute atomic E-state index is 12.0. The van der Waals surface area contributed by atoms with E-state index in [2.05, 4.69) is 5.32 Å². The highest BCUT2D eigenvalue weighted by Gasteiger charge is 2.04. The van der Waals surface area contributed by atoms with Gasteiger partial charge in [-0.05, 0) is 30.2 Å². The molecule has 0 saturated heterocycles. The van der Waals surface area contributed by atoms with Crippen molar-refractivity contribution in [3.63, 3.8) is 0 Å². The molecule has 3 N–H and O–H groups in total. The van der Waals surface area contributed by atoms with E-state index in [9.17, 15) is 4.79 Å². The Labute approximate surface area is 113 Å². The lowest BCUT2D eigenvalue weighted by atomic mass is 10.1. The van der Waals surface area contributed by atoms with Crippen LogP contribution in [-0.2, 0) is 13.1 Å². The van der Waals surface area contributed by atoms with Crippen LogP contribution >= 0.6 is 0 Å². The Bertz CT molecular complexity index is 561. The number of aryl methyl sites for hydroxylation is 1. The van der Waals surface area contributed by atoms with Crippen molar-refractivity contribution < 1.29 is 4.79 Å². The number of nitrogens with two attached hydrogens (primary N) is 1. The molecule has 19 heavy (non-hydrogen) atoms. The Morgan fingerprint density at radius 3 is 2.42 bits per heavy atom. The minimum Gasteiger partial charge on any atom is -0.348 e. The topological polar surface area (TPSA) is 55.1 Å². The summed E-state index contributed by atoms with van der Waals surface area (Å²) in [5.74, 6) is -0.0494. The molecule has 0 aliphatic rings. The van der Waals surface area contributed by atoms with Gasteiger partial charge in [-0.3, -0.25) is 4.79 Å². The Hall–Kier alpha value is -2.13. The number of amides is 1. The first-order valence-corrected chi connectivity index (χ1v) is 6.32. The molecule has 0 aliphatic carbocycles.